The van der Waals surface area contributed by atoms with Gasteiger partial charge < -0.3 is 10.1 Å². The zero-order chi connectivity index (χ0) is 26.2. The van der Waals surface area contributed by atoms with Crippen LogP contribution in [0.15, 0.2) is 84.1 Å². The Kier molecular flexibility index (Phi) is 8.33. The maximum atomic E-state index is 12.3. The fraction of sp³-hybridized carbons (Fsp3) is 0.143. The molecule has 0 fully saturated rings. The van der Waals surface area contributed by atoms with Crippen LogP contribution in [0.1, 0.15) is 24.5 Å². The number of hydrogen-bond acceptors (Lipinski definition) is 5. The van der Waals surface area contributed by atoms with Gasteiger partial charge in [0.1, 0.15) is 11.4 Å². The number of para-hydroxylation sites is 1. The van der Waals surface area contributed by atoms with Gasteiger partial charge in [-0.1, -0.05) is 42.8 Å². The van der Waals surface area contributed by atoms with E-state index in [0.29, 0.717) is 34.1 Å². The van der Waals surface area contributed by atoms with Gasteiger partial charge in [-0.25, -0.2) is 10.1 Å². The summed E-state index contributed by atoms with van der Waals surface area (Å²) >= 11 is 6.08. The topological polar surface area (TPSA) is 97.6 Å². The normalized spacial score (nSPS) is 10.9. The second-order valence-electron chi connectivity index (χ2n) is 8.15. The summed E-state index contributed by atoms with van der Waals surface area (Å²) in [6.45, 7) is 4.45. The number of benzene rings is 3. The summed E-state index contributed by atoms with van der Waals surface area (Å²) in [6.07, 6.45) is 4.18. The van der Waals surface area contributed by atoms with Crippen LogP contribution in [-0.2, 0) is 9.59 Å². The van der Waals surface area contributed by atoms with Crippen molar-refractivity contribution in [3.8, 4) is 22.7 Å². The standard InChI is InChI=1S/C28H26ClN5O3/c1-3-16-37-23-14-12-20(13-15-23)26-21(18-34(33-26)22-8-5-4-6-9-22)17-30-32-28(36)27(35)31-25-11-7-10-24(29)19(25)2/h4-15,17-18H,3,16H2,1-2H3,(H,31,35)(H,32,36)/b30-17+. The lowest BCUT2D eigenvalue weighted by molar-refractivity contribution is -0.136. The molecule has 0 atom stereocenters. The molecule has 0 radical (unpaired) electrons. The van der Waals surface area contributed by atoms with E-state index in [1.807, 2.05) is 54.6 Å². The molecule has 2 amide bonds. The lowest BCUT2D eigenvalue weighted by atomic mass is 10.1. The summed E-state index contributed by atoms with van der Waals surface area (Å²) in [5, 5.41) is 11.8. The Morgan fingerprint density at radius 1 is 1.03 bits per heavy atom. The number of carbonyl (C=O) groups excluding carboxylic acids is 2. The molecule has 37 heavy (non-hydrogen) atoms. The van der Waals surface area contributed by atoms with Crippen molar-refractivity contribution < 1.29 is 14.3 Å². The van der Waals surface area contributed by atoms with Crippen molar-refractivity contribution in [2.75, 3.05) is 11.9 Å². The number of nitrogens with zero attached hydrogens (tertiary/aromatic N) is 3. The number of hydrogen-bond donors (Lipinski definition) is 2. The monoisotopic (exact) mass is 515 g/mol. The first kappa shape index (κ1) is 25.7. The van der Waals surface area contributed by atoms with Crippen LogP contribution < -0.4 is 15.5 Å². The number of aromatic nitrogens is 2. The molecule has 9 heteroatoms. The number of hydrazone groups is 1. The highest BCUT2D eigenvalue weighted by atomic mass is 35.5. The second-order valence-corrected chi connectivity index (χ2v) is 8.56. The maximum absolute atomic E-state index is 12.3. The van der Waals surface area contributed by atoms with Crippen LogP contribution in [0.4, 0.5) is 5.69 Å². The second kappa shape index (κ2) is 12.0. The third kappa shape index (κ3) is 6.42. The largest absolute Gasteiger partial charge is 0.494 e. The van der Waals surface area contributed by atoms with E-state index in [0.717, 1.165) is 23.4 Å². The molecule has 2 N–H and O–H groups in total. The molecule has 3 aromatic carbocycles. The summed E-state index contributed by atoms with van der Waals surface area (Å²) in [4.78, 5) is 24.7. The van der Waals surface area contributed by atoms with Crippen molar-refractivity contribution in [2.45, 2.75) is 20.3 Å². The quantitative estimate of drug-likeness (QED) is 0.187. The van der Waals surface area contributed by atoms with E-state index in [2.05, 4.69) is 22.8 Å². The van der Waals surface area contributed by atoms with Crippen LogP contribution in [0.2, 0.25) is 5.02 Å². The molecule has 0 aliphatic heterocycles. The molecular formula is C28H26ClN5O3. The van der Waals surface area contributed by atoms with Crippen LogP contribution in [0.5, 0.6) is 5.75 Å². The molecule has 0 saturated heterocycles. The molecule has 0 spiro atoms. The number of halogens is 1. The third-order valence-electron chi connectivity index (χ3n) is 5.46. The maximum Gasteiger partial charge on any atom is 0.329 e. The van der Waals surface area contributed by atoms with Gasteiger partial charge in [-0.15, -0.1) is 0 Å². The number of nitrogens with one attached hydrogen (secondary N) is 2. The van der Waals surface area contributed by atoms with E-state index < -0.39 is 11.8 Å². The minimum absolute atomic E-state index is 0.453. The smallest absolute Gasteiger partial charge is 0.329 e. The summed E-state index contributed by atoms with van der Waals surface area (Å²) < 4.78 is 7.41. The molecular weight excluding hydrogens is 490 g/mol. The number of rotatable bonds is 8. The van der Waals surface area contributed by atoms with Crippen LogP contribution in [0, 0.1) is 6.92 Å². The minimum atomic E-state index is -0.912. The fourth-order valence-corrected chi connectivity index (χ4v) is 3.66. The van der Waals surface area contributed by atoms with Gasteiger partial charge in [0, 0.05) is 28.0 Å². The number of carbonyl (C=O) groups is 2. The Balaban J connectivity index is 1.53. The number of ether oxygens (including phenoxy) is 1. The number of amides is 2. The zero-order valence-electron chi connectivity index (χ0n) is 20.4. The first-order chi connectivity index (χ1) is 18.0. The Hall–Kier alpha value is -4.43. The first-order valence-electron chi connectivity index (χ1n) is 11.7. The number of anilines is 1. The predicted octanol–water partition coefficient (Wildman–Crippen LogP) is 5.38. The molecule has 4 aromatic rings. The molecule has 4 rings (SSSR count). The van der Waals surface area contributed by atoms with Crippen LogP contribution in [-0.4, -0.2) is 34.4 Å². The average molecular weight is 516 g/mol. The van der Waals surface area contributed by atoms with Crippen molar-refractivity contribution >= 4 is 35.3 Å². The highest BCUT2D eigenvalue weighted by molar-refractivity contribution is 6.40. The van der Waals surface area contributed by atoms with Crippen molar-refractivity contribution in [3.05, 3.63) is 95.1 Å². The Bertz CT molecular complexity index is 1420. The first-order valence-corrected chi connectivity index (χ1v) is 12.1. The van der Waals surface area contributed by atoms with E-state index in [1.165, 1.54) is 6.21 Å². The van der Waals surface area contributed by atoms with E-state index in [-0.39, 0.29) is 0 Å². The van der Waals surface area contributed by atoms with E-state index in [1.54, 1.807) is 36.0 Å². The van der Waals surface area contributed by atoms with Crippen LogP contribution >= 0.6 is 11.6 Å². The fourth-order valence-electron chi connectivity index (χ4n) is 3.48. The highest BCUT2D eigenvalue weighted by Gasteiger charge is 2.16. The summed E-state index contributed by atoms with van der Waals surface area (Å²) in [5.41, 5.74) is 6.41. The molecule has 0 bridgehead atoms. The van der Waals surface area contributed by atoms with Gasteiger partial charge in [0.05, 0.1) is 18.5 Å². The van der Waals surface area contributed by atoms with Gasteiger partial charge in [0.2, 0.25) is 0 Å². The molecule has 188 valence electrons. The molecule has 0 aliphatic rings. The van der Waals surface area contributed by atoms with Gasteiger partial charge in [-0.3, -0.25) is 9.59 Å². The van der Waals surface area contributed by atoms with E-state index in [4.69, 9.17) is 21.4 Å². The summed E-state index contributed by atoms with van der Waals surface area (Å²) in [5.74, 6) is -0.994. The summed E-state index contributed by atoms with van der Waals surface area (Å²) in [7, 11) is 0. The predicted molar refractivity (Wildman–Crippen MR) is 145 cm³/mol. The molecule has 1 heterocycles. The molecule has 0 unspecified atom stereocenters. The lowest BCUT2D eigenvalue weighted by Gasteiger charge is -2.08. The Morgan fingerprint density at radius 3 is 2.51 bits per heavy atom. The average Bonchev–Trinajstić information content (AvgIpc) is 3.35. The molecule has 1 aromatic heterocycles. The van der Waals surface area contributed by atoms with E-state index in [9.17, 15) is 9.59 Å². The van der Waals surface area contributed by atoms with Crippen LogP contribution in [0.25, 0.3) is 16.9 Å². The minimum Gasteiger partial charge on any atom is -0.494 e. The van der Waals surface area contributed by atoms with Gasteiger partial charge in [0.25, 0.3) is 0 Å². The van der Waals surface area contributed by atoms with Crippen molar-refractivity contribution in [3.63, 3.8) is 0 Å². The SMILES string of the molecule is CCCOc1ccc(-c2nn(-c3ccccc3)cc2/C=N/NC(=O)C(=O)Nc2cccc(Cl)c2C)cc1. The van der Waals surface area contributed by atoms with Crippen molar-refractivity contribution in [1.29, 1.82) is 0 Å². The molecule has 0 aliphatic carbocycles. The van der Waals surface area contributed by atoms with Gasteiger partial charge in [-0.05, 0) is 67.4 Å². The summed E-state index contributed by atoms with van der Waals surface area (Å²) in [6, 6.07) is 22.3. The Morgan fingerprint density at radius 2 is 1.78 bits per heavy atom. The van der Waals surface area contributed by atoms with Gasteiger partial charge >= 0.3 is 11.8 Å². The van der Waals surface area contributed by atoms with Gasteiger partial charge in [-0.2, -0.15) is 10.2 Å². The van der Waals surface area contributed by atoms with Crippen molar-refractivity contribution in [1.82, 2.24) is 15.2 Å². The highest BCUT2D eigenvalue weighted by Crippen LogP contribution is 2.25. The molecule has 8 nitrogen and oxygen atoms in total. The Labute approximate surface area is 219 Å². The zero-order valence-corrected chi connectivity index (χ0v) is 21.2. The lowest BCUT2D eigenvalue weighted by Crippen LogP contribution is -2.32. The van der Waals surface area contributed by atoms with Crippen molar-refractivity contribution in [2.24, 2.45) is 5.10 Å². The van der Waals surface area contributed by atoms with E-state index >= 15 is 0 Å². The van der Waals surface area contributed by atoms with Crippen LogP contribution in [0.3, 0.4) is 0 Å². The molecule has 0 saturated carbocycles. The van der Waals surface area contributed by atoms with Gasteiger partial charge in [0.15, 0.2) is 0 Å². The third-order valence-corrected chi connectivity index (χ3v) is 5.87.